The molecule has 0 amide bonds. The van der Waals surface area contributed by atoms with Crippen LogP contribution in [-0.4, -0.2) is 33.2 Å². The van der Waals surface area contributed by atoms with Crippen LogP contribution < -0.4 is 0 Å². The van der Waals surface area contributed by atoms with Crippen LogP contribution in [0.1, 0.15) is 119 Å². The maximum atomic E-state index is 10.4. The van der Waals surface area contributed by atoms with Crippen molar-refractivity contribution >= 4 is 17.9 Å². The van der Waals surface area contributed by atoms with Gasteiger partial charge in [-0.25, -0.2) is 0 Å². The van der Waals surface area contributed by atoms with Gasteiger partial charge in [0.15, 0.2) is 0 Å². The molecule has 0 aromatic rings. The number of carboxylic acids is 3. The Morgan fingerprint density at radius 1 is 0.516 bits per heavy atom. The zero-order valence-corrected chi connectivity index (χ0v) is 23.7. The van der Waals surface area contributed by atoms with Gasteiger partial charge < -0.3 is 15.3 Å². The molecule has 31 heavy (non-hydrogen) atoms. The van der Waals surface area contributed by atoms with Gasteiger partial charge in [0, 0.05) is 32.7 Å². The van der Waals surface area contributed by atoms with Crippen molar-refractivity contribution in [2.24, 2.45) is 17.8 Å². The number of carboxylic acid groups (broad SMARTS) is 3. The second-order valence-corrected chi connectivity index (χ2v) is 7.76. The first kappa shape index (κ1) is 37.8. The number of hydrogen-bond acceptors (Lipinski definition) is 3. The second-order valence-electron chi connectivity index (χ2n) is 7.76. The van der Waals surface area contributed by atoms with Gasteiger partial charge in [-0.1, -0.05) is 80.1 Å². The standard InChI is InChI=1S/3C8H16O2.Y/c3*1-3-5-6-7(4-2)8(9)10;/h3*7H,3-6H2,1-2H3,(H,9,10);. The van der Waals surface area contributed by atoms with Crippen molar-refractivity contribution < 1.29 is 62.4 Å². The van der Waals surface area contributed by atoms with Gasteiger partial charge in [-0.05, 0) is 38.5 Å². The van der Waals surface area contributed by atoms with Crippen molar-refractivity contribution in [2.75, 3.05) is 0 Å². The number of rotatable bonds is 15. The minimum Gasteiger partial charge on any atom is -0.481 e. The minimum atomic E-state index is -0.643. The molecule has 3 unspecified atom stereocenters. The molecular formula is C24H48O6Y. The van der Waals surface area contributed by atoms with Crippen molar-refractivity contribution in [3.05, 3.63) is 0 Å². The monoisotopic (exact) mass is 521 g/mol. The maximum Gasteiger partial charge on any atom is 0.306 e. The Bertz CT molecular complexity index is 366. The molecule has 0 fully saturated rings. The summed E-state index contributed by atoms with van der Waals surface area (Å²) in [5, 5.41) is 25.8. The van der Waals surface area contributed by atoms with Crippen LogP contribution in [0.2, 0.25) is 0 Å². The molecule has 0 spiro atoms. The molecule has 1 radical (unpaired) electrons. The molecule has 0 aliphatic heterocycles. The Morgan fingerprint density at radius 3 is 0.806 bits per heavy atom. The summed E-state index contributed by atoms with van der Waals surface area (Å²) < 4.78 is 0. The Balaban J connectivity index is -0.000000174. The molecule has 7 heteroatoms. The summed E-state index contributed by atoms with van der Waals surface area (Å²) in [5.74, 6) is -2.26. The van der Waals surface area contributed by atoms with Crippen LogP contribution in [0.15, 0.2) is 0 Å². The number of hydrogen-bond donors (Lipinski definition) is 3. The van der Waals surface area contributed by atoms with Gasteiger partial charge in [-0.3, -0.25) is 14.4 Å². The quantitative estimate of drug-likeness (QED) is 0.217. The fourth-order valence-corrected chi connectivity index (χ4v) is 2.86. The van der Waals surface area contributed by atoms with Crippen LogP contribution in [0.25, 0.3) is 0 Å². The zero-order chi connectivity index (χ0) is 23.9. The van der Waals surface area contributed by atoms with Gasteiger partial charge in [0.2, 0.25) is 0 Å². The molecule has 0 aliphatic rings. The molecule has 0 rings (SSSR count). The van der Waals surface area contributed by atoms with Crippen molar-refractivity contribution in [1.29, 1.82) is 0 Å². The van der Waals surface area contributed by atoms with E-state index in [0.29, 0.717) is 0 Å². The van der Waals surface area contributed by atoms with E-state index in [9.17, 15) is 14.4 Å². The normalized spacial score (nSPS) is 12.6. The topological polar surface area (TPSA) is 112 Å². The second kappa shape index (κ2) is 27.5. The Labute approximate surface area is 215 Å². The summed E-state index contributed by atoms with van der Waals surface area (Å²) in [5.41, 5.74) is 0. The van der Waals surface area contributed by atoms with E-state index in [1.54, 1.807) is 0 Å². The van der Waals surface area contributed by atoms with E-state index in [0.717, 1.165) is 77.0 Å². The number of unbranched alkanes of at least 4 members (excludes halogenated alkanes) is 3. The molecule has 0 heterocycles. The summed E-state index contributed by atoms with van der Waals surface area (Å²) in [6.07, 6.45) is 11.1. The largest absolute Gasteiger partial charge is 0.481 e. The van der Waals surface area contributed by atoms with E-state index in [2.05, 4.69) is 20.8 Å². The van der Waals surface area contributed by atoms with Crippen molar-refractivity contribution in [1.82, 2.24) is 0 Å². The van der Waals surface area contributed by atoms with Crippen LogP contribution in [-0.2, 0) is 47.1 Å². The third-order valence-corrected chi connectivity index (χ3v) is 5.24. The molecule has 0 bridgehead atoms. The summed E-state index contributed by atoms with van der Waals surface area (Å²) in [4.78, 5) is 31.3. The minimum absolute atomic E-state index is 0. The maximum absolute atomic E-state index is 10.4. The molecule has 0 saturated heterocycles. The van der Waals surface area contributed by atoms with Gasteiger partial charge >= 0.3 is 17.9 Å². The fraction of sp³-hybridized carbons (Fsp3) is 0.875. The summed E-state index contributed by atoms with van der Waals surface area (Å²) in [6.45, 7) is 12.0. The van der Waals surface area contributed by atoms with Crippen LogP contribution in [0.5, 0.6) is 0 Å². The smallest absolute Gasteiger partial charge is 0.306 e. The van der Waals surface area contributed by atoms with E-state index < -0.39 is 17.9 Å². The molecule has 3 atom stereocenters. The van der Waals surface area contributed by atoms with E-state index in [-0.39, 0.29) is 50.5 Å². The van der Waals surface area contributed by atoms with E-state index in [1.165, 1.54) is 0 Å². The third-order valence-electron chi connectivity index (χ3n) is 5.24. The molecule has 0 aromatic carbocycles. The Kier molecular flexibility index (Phi) is 33.6. The SMILES string of the molecule is CCCCC(CC)C(=O)O.CCCCC(CC)C(=O)O.CCCCC(CC)C(=O)O.[Y]. The van der Waals surface area contributed by atoms with E-state index in [1.807, 2.05) is 20.8 Å². The van der Waals surface area contributed by atoms with Crippen molar-refractivity contribution in [3.8, 4) is 0 Å². The Hall–Kier alpha value is -0.486. The Morgan fingerprint density at radius 2 is 0.710 bits per heavy atom. The third kappa shape index (κ3) is 25.6. The van der Waals surface area contributed by atoms with Gasteiger partial charge in [0.05, 0.1) is 17.8 Å². The predicted molar refractivity (Wildman–Crippen MR) is 123 cm³/mol. The fourth-order valence-electron chi connectivity index (χ4n) is 2.86. The van der Waals surface area contributed by atoms with Crippen LogP contribution in [0.4, 0.5) is 0 Å². The summed E-state index contributed by atoms with van der Waals surface area (Å²) in [7, 11) is 0. The molecule has 0 saturated carbocycles. The van der Waals surface area contributed by atoms with Crippen molar-refractivity contribution in [2.45, 2.75) is 119 Å². The van der Waals surface area contributed by atoms with Crippen LogP contribution in [0.3, 0.4) is 0 Å². The van der Waals surface area contributed by atoms with Gasteiger partial charge in [0.25, 0.3) is 0 Å². The predicted octanol–water partition coefficient (Wildman–Crippen LogP) is 6.86. The van der Waals surface area contributed by atoms with Crippen LogP contribution in [0, 0.1) is 17.8 Å². The zero-order valence-electron chi connectivity index (χ0n) is 20.9. The molecule has 0 aromatic heterocycles. The molecule has 6 nitrogen and oxygen atoms in total. The van der Waals surface area contributed by atoms with Gasteiger partial charge in [0.1, 0.15) is 0 Å². The molecule has 183 valence electrons. The van der Waals surface area contributed by atoms with E-state index >= 15 is 0 Å². The average molecular weight is 522 g/mol. The van der Waals surface area contributed by atoms with Crippen LogP contribution >= 0.6 is 0 Å². The summed E-state index contributed by atoms with van der Waals surface area (Å²) >= 11 is 0. The van der Waals surface area contributed by atoms with Gasteiger partial charge in [-0.2, -0.15) is 0 Å². The molecule has 0 aliphatic carbocycles. The van der Waals surface area contributed by atoms with Gasteiger partial charge in [-0.15, -0.1) is 0 Å². The first-order valence-corrected chi connectivity index (χ1v) is 11.8. The molecular weight excluding hydrogens is 473 g/mol. The number of aliphatic carboxylic acids is 3. The molecule has 3 N–H and O–H groups in total. The number of carbonyl (C=O) groups is 3. The first-order valence-electron chi connectivity index (χ1n) is 11.8. The average Bonchev–Trinajstić information content (AvgIpc) is 2.70. The summed E-state index contributed by atoms with van der Waals surface area (Å²) in [6, 6.07) is 0. The van der Waals surface area contributed by atoms with Crippen molar-refractivity contribution in [3.63, 3.8) is 0 Å². The van der Waals surface area contributed by atoms with E-state index in [4.69, 9.17) is 15.3 Å². The first-order chi connectivity index (χ1) is 14.2.